The maximum Gasteiger partial charge on any atom is 0.122 e. The molecule has 0 aliphatic heterocycles. The summed E-state index contributed by atoms with van der Waals surface area (Å²) in [7, 11) is 1.72. The van der Waals surface area contributed by atoms with Gasteiger partial charge in [-0.2, -0.15) is 0 Å². The Labute approximate surface area is 135 Å². The minimum Gasteiger partial charge on any atom is -0.496 e. The molecule has 0 saturated heterocycles. The van der Waals surface area contributed by atoms with Crippen molar-refractivity contribution >= 4 is 15.9 Å². The molecule has 2 aromatic rings. The van der Waals surface area contributed by atoms with Gasteiger partial charge < -0.3 is 10.1 Å². The quantitative estimate of drug-likeness (QED) is 0.814. The average Bonchev–Trinajstić information content (AvgIpc) is 2.48. The van der Waals surface area contributed by atoms with Gasteiger partial charge in [-0.05, 0) is 43.5 Å². The van der Waals surface area contributed by atoms with E-state index in [2.05, 4.69) is 65.4 Å². The topological polar surface area (TPSA) is 21.3 Å². The molecule has 1 unspecified atom stereocenters. The summed E-state index contributed by atoms with van der Waals surface area (Å²) >= 11 is 3.62. The van der Waals surface area contributed by atoms with E-state index in [1.165, 1.54) is 11.1 Å². The Morgan fingerprint density at radius 1 is 1.05 bits per heavy atom. The Morgan fingerprint density at radius 3 is 2.43 bits per heavy atom. The predicted octanol–water partition coefficient (Wildman–Crippen LogP) is 4.74. The Balaban J connectivity index is 2.01. The van der Waals surface area contributed by atoms with Crippen LogP contribution in [-0.4, -0.2) is 13.2 Å². The Morgan fingerprint density at radius 2 is 1.71 bits per heavy atom. The van der Waals surface area contributed by atoms with Crippen LogP contribution in [0.25, 0.3) is 0 Å². The van der Waals surface area contributed by atoms with E-state index in [4.69, 9.17) is 4.74 Å². The lowest BCUT2D eigenvalue weighted by atomic mass is 10.0. The van der Waals surface area contributed by atoms with Crippen LogP contribution in [0.3, 0.4) is 0 Å². The first-order chi connectivity index (χ1) is 10.1. The van der Waals surface area contributed by atoms with Crippen LogP contribution in [0.15, 0.2) is 53.0 Å². The SMILES string of the molecule is COc1ccccc1CC(C)N[C@H](C)c1ccccc1Br. The van der Waals surface area contributed by atoms with Crippen molar-refractivity contribution in [3.8, 4) is 5.75 Å². The zero-order valence-corrected chi connectivity index (χ0v) is 14.4. The van der Waals surface area contributed by atoms with Crippen molar-refractivity contribution in [2.75, 3.05) is 7.11 Å². The molecule has 1 N–H and O–H groups in total. The second-order valence-electron chi connectivity index (χ2n) is 5.33. The molecule has 0 aliphatic rings. The lowest BCUT2D eigenvalue weighted by Crippen LogP contribution is -2.31. The third-order valence-corrected chi connectivity index (χ3v) is 4.35. The van der Waals surface area contributed by atoms with Crippen LogP contribution in [0.1, 0.15) is 31.0 Å². The number of hydrogen-bond acceptors (Lipinski definition) is 2. The molecule has 0 bridgehead atoms. The molecule has 21 heavy (non-hydrogen) atoms. The van der Waals surface area contributed by atoms with E-state index in [9.17, 15) is 0 Å². The first-order valence-corrected chi connectivity index (χ1v) is 8.03. The summed E-state index contributed by atoms with van der Waals surface area (Å²) in [5.41, 5.74) is 2.52. The fraction of sp³-hybridized carbons (Fsp3) is 0.333. The van der Waals surface area contributed by atoms with Gasteiger partial charge in [0.25, 0.3) is 0 Å². The largest absolute Gasteiger partial charge is 0.496 e. The smallest absolute Gasteiger partial charge is 0.122 e. The molecule has 112 valence electrons. The van der Waals surface area contributed by atoms with Crippen molar-refractivity contribution in [1.29, 1.82) is 0 Å². The van der Waals surface area contributed by atoms with Gasteiger partial charge in [0.1, 0.15) is 5.75 Å². The normalized spacial score (nSPS) is 13.7. The van der Waals surface area contributed by atoms with Gasteiger partial charge in [-0.1, -0.05) is 52.3 Å². The molecule has 0 aromatic heterocycles. The highest BCUT2D eigenvalue weighted by Gasteiger charge is 2.13. The van der Waals surface area contributed by atoms with E-state index in [-0.39, 0.29) is 0 Å². The Hall–Kier alpha value is -1.32. The average molecular weight is 348 g/mol. The summed E-state index contributed by atoms with van der Waals surface area (Å²) in [6, 6.07) is 17.2. The molecule has 2 aromatic carbocycles. The number of hydrogen-bond donors (Lipinski definition) is 1. The summed E-state index contributed by atoms with van der Waals surface area (Å²) in [5, 5.41) is 3.65. The van der Waals surface area contributed by atoms with Crippen LogP contribution in [0.4, 0.5) is 0 Å². The lowest BCUT2D eigenvalue weighted by molar-refractivity contribution is 0.403. The van der Waals surface area contributed by atoms with Crippen molar-refractivity contribution in [2.45, 2.75) is 32.4 Å². The van der Waals surface area contributed by atoms with E-state index in [0.29, 0.717) is 12.1 Å². The molecule has 0 aliphatic carbocycles. The van der Waals surface area contributed by atoms with Crippen molar-refractivity contribution in [1.82, 2.24) is 5.32 Å². The number of methoxy groups -OCH3 is 1. The molecule has 2 nitrogen and oxygen atoms in total. The summed E-state index contributed by atoms with van der Waals surface area (Å²) in [4.78, 5) is 0. The highest BCUT2D eigenvalue weighted by atomic mass is 79.9. The molecule has 0 fully saturated rings. The number of nitrogens with one attached hydrogen (secondary N) is 1. The summed E-state index contributed by atoms with van der Waals surface area (Å²) < 4.78 is 6.57. The third-order valence-electron chi connectivity index (χ3n) is 3.62. The van der Waals surface area contributed by atoms with Gasteiger partial charge in [0.05, 0.1) is 7.11 Å². The Kier molecular flexibility index (Phi) is 5.83. The van der Waals surface area contributed by atoms with E-state index >= 15 is 0 Å². The summed E-state index contributed by atoms with van der Waals surface area (Å²) in [6.45, 7) is 4.40. The fourth-order valence-electron chi connectivity index (χ4n) is 2.60. The molecule has 0 spiro atoms. The second-order valence-corrected chi connectivity index (χ2v) is 6.18. The van der Waals surface area contributed by atoms with Gasteiger partial charge in [-0.25, -0.2) is 0 Å². The van der Waals surface area contributed by atoms with Gasteiger partial charge in [-0.3, -0.25) is 0 Å². The zero-order valence-electron chi connectivity index (χ0n) is 12.8. The third kappa shape index (κ3) is 4.32. The van der Waals surface area contributed by atoms with Crippen molar-refractivity contribution in [3.05, 3.63) is 64.1 Å². The molecular formula is C18H22BrNO. The van der Waals surface area contributed by atoms with Gasteiger partial charge in [0, 0.05) is 16.6 Å². The predicted molar refractivity (Wildman–Crippen MR) is 91.9 cm³/mol. The maximum atomic E-state index is 5.42. The van der Waals surface area contributed by atoms with Crippen LogP contribution in [0.5, 0.6) is 5.75 Å². The number of rotatable bonds is 6. The Bertz CT molecular complexity index is 585. The van der Waals surface area contributed by atoms with E-state index in [0.717, 1.165) is 16.6 Å². The van der Waals surface area contributed by atoms with Gasteiger partial charge in [0.15, 0.2) is 0 Å². The first kappa shape index (κ1) is 16.1. The first-order valence-electron chi connectivity index (χ1n) is 7.24. The van der Waals surface area contributed by atoms with E-state index < -0.39 is 0 Å². The number of halogens is 1. The molecule has 3 heteroatoms. The number of benzene rings is 2. The standard InChI is InChI=1S/C18H22BrNO/c1-13(12-15-8-4-7-11-18(15)21-3)20-14(2)16-9-5-6-10-17(16)19/h4-11,13-14,20H,12H2,1-3H3/t13?,14-/m1/s1. The number of ether oxygens (including phenoxy) is 1. The molecule has 0 saturated carbocycles. The molecular weight excluding hydrogens is 326 g/mol. The van der Waals surface area contributed by atoms with Crippen LogP contribution in [0, 0.1) is 0 Å². The lowest BCUT2D eigenvalue weighted by Gasteiger charge is -2.22. The second kappa shape index (κ2) is 7.62. The fourth-order valence-corrected chi connectivity index (χ4v) is 3.23. The van der Waals surface area contributed by atoms with Crippen LogP contribution in [-0.2, 0) is 6.42 Å². The van der Waals surface area contributed by atoms with Gasteiger partial charge in [-0.15, -0.1) is 0 Å². The molecule has 2 rings (SSSR count). The zero-order chi connectivity index (χ0) is 15.2. The van der Waals surface area contributed by atoms with Crippen molar-refractivity contribution in [3.63, 3.8) is 0 Å². The minimum absolute atomic E-state index is 0.297. The maximum absolute atomic E-state index is 5.42. The van der Waals surface area contributed by atoms with Crippen LogP contribution in [0.2, 0.25) is 0 Å². The van der Waals surface area contributed by atoms with Crippen molar-refractivity contribution in [2.24, 2.45) is 0 Å². The highest BCUT2D eigenvalue weighted by Crippen LogP contribution is 2.24. The van der Waals surface area contributed by atoms with Crippen molar-refractivity contribution < 1.29 is 4.74 Å². The molecule has 0 radical (unpaired) electrons. The number of para-hydroxylation sites is 1. The monoisotopic (exact) mass is 347 g/mol. The highest BCUT2D eigenvalue weighted by molar-refractivity contribution is 9.10. The summed E-state index contributed by atoms with van der Waals surface area (Å²) in [6.07, 6.45) is 0.943. The van der Waals surface area contributed by atoms with Crippen LogP contribution >= 0.6 is 15.9 Å². The van der Waals surface area contributed by atoms with E-state index in [1.54, 1.807) is 7.11 Å². The van der Waals surface area contributed by atoms with Crippen LogP contribution < -0.4 is 10.1 Å². The molecule has 0 heterocycles. The van der Waals surface area contributed by atoms with Gasteiger partial charge in [0.2, 0.25) is 0 Å². The van der Waals surface area contributed by atoms with Gasteiger partial charge >= 0.3 is 0 Å². The summed E-state index contributed by atoms with van der Waals surface area (Å²) in [5.74, 6) is 0.958. The molecule has 0 amide bonds. The molecule has 2 atom stereocenters. The van der Waals surface area contributed by atoms with E-state index in [1.807, 2.05) is 18.2 Å². The minimum atomic E-state index is 0.297.